The van der Waals surface area contributed by atoms with Gasteiger partial charge in [0, 0.05) is 12.6 Å². The van der Waals surface area contributed by atoms with E-state index in [1.54, 1.807) is 0 Å². The first-order valence-corrected chi connectivity index (χ1v) is 6.04. The number of nitrogens with zero attached hydrogens (tertiary/aromatic N) is 1. The normalized spacial score (nSPS) is 13.9. The van der Waals surface area contributed by atoms with E-state index in [0.29, 0.717) is 12.3 Å². The van der Waals surface area contributed by atoms with E-state index in [4.69, 9.17) is 10.4 Å². The molecule has 3 heteroatoms. The molecule has 2 atom stereocenters. The van der Waals surface area contributed by atoms with E-state index in [1.165, 1.54) is 0 Å². The molecule has 1 aromatic rings. The van der Waals surface area contributed by atoms with Crippen LogP contribution < -0.4 is 5.32 Å². The van der Waals surface area contributed by atoms with Gasteiger partial charge in [0.2, 0.25) is 0 Å². The number of rotatable bonds is 7. The van der Waals surface area contributed by atoms with Crippen LogP contribution in [0.4, 0.5) is 0 Å². The predicted octanol–water partition coefficient (Wildman–Crippen LogP) is 2.25. The quantitative estimate of drug-likeness (QED) is 0.758. The Hall–Kier alpha value is -1.37. The molecule has 2 unspecified atom stereocenters. The molecule has 0 amide bonds. The maximum atomic E-state index is 8.84. The van der Waals surface area contributed by atoms with Crippen molar-refractivity contribution >= 4 is 0 Å². The Morgan fingerprint density at radius 1 is 1.35 bits per heavy atom. The highest BCUT2D eigenvalue weighted by atomic mass is 16.3. The first-order valence-electron chi connectivity index (χ1n) is 6.04. The van der Waals surface area contributed by atoms with Crippen LogP contribution in [-0.4, -0.2) is 18.3 Å². The molecule has 0 bridgehead atoms. The van der Waals surface area contributed by atoms with Crippen LogP contribution in [0.25, 0.3) is 0 Å². The summed E-state index contributed by atoms with van der Waals surface area (Å²) in [6.07, 6.45) is 1.26. The highest BCUT2D eigenvalue weighted by molar-refractivity contribution is 5.19. The summed E-state index contributed by atoms with van der Waals surface area (Å²) < 4.78 is 0. The molecule has 0 spiro atoms. The molecule has 0 saturated heterocycles. The first kappa shape index (κ1) is 13.7. The van der Waals surface area contributed by atoms with Crippen molar-refractivity contribution in [2.45, 2.75) is 25.8 Å². The molecule has 1 rings (SSSR count). The maximum Gasteiger partial charge on any atom is 0.0641 e. The lowest BCUT2D eigenvalue weighted by molar-refractivity contribution is 0.258. The monoisotopic (exact) mass is 232 g/mol. The second-order valence-electron chi connectivity index (χ2n) is 4.35. The van der Waals surface area contributed by atoms with E-state index in [9.17, 15) is 0 Å². The van der Waals surface area contributed by atoms with Gasteiger partial charge < -0.3 is 10.4 Å². The minimum atomic E-state index is 0.0855. The van der Waals surface area contributed by atoms with E-state index in [1.807, 2.05) is 30.3 Å². The third-order valence-electron chi connectivity index (χ3n) is 2.83. The average molecular weight is 232 g/mol. The molecule has 3 nitrogen and oxygen atoms in total. The van der Waals surface area contributed by atoms with Gasteiger partial charge >= 0.3 is 0 Å². The molecule has 0 saturated carbocycles. The Bertz CT molecular complexity index is 345. The number of nitrogens with one attached hydrogen (secondary N) is 1. The van der Waals surface area contributed by atoms with Gasteiger partial charge in [0.1, 0.15) is 0 Å². The summed E-state index contributed by atoms with van der Waals surface area (Å²) in [6.45, 7) is 3.14. The van der Waals surface area contributed by atoms with Gasteiger partial charge in [-0.2, -0.15) is 5.26 Å². The van der Waals surface area contributed by atoms with Crippen molar-refractivity contribution in [2.75, 3.05) is 13.2 Å². The second-order valence-corrected chi connectivity index (χ2v) is 4.35. The molecule has 2 N–H and O–H groups in total. The van der Waals surface area contributed by atoms with E-state index in [2.05, 4.69) is 18.3 Å². The second kappa shape index (κ2) is 7.83. The number of hydrogen-bond donors (Lipinski definition) is 2. The van der Waals surface area contributed by atoms with Crippen LogP contribution in [0, 0.1) is 17.2 Å². The molecule has 0 aliphatic rings. The molecule has 1 aromatic carbocycles. The Kier molecular flexibility index (Phi) is 6.31. The Balaban J connectivity index is 2.53. The van der Waals surface area contributed by atoms with Crippen LogP contribution in [0.1, 0.15) is 31.4 Å². The van der Waals surface area contributed by atoms with Crippen LogP contribution in [0.15, 0.2) is 30.3 Å². The summed E-state index contributed by atoms with van der Waals surface area (Å²) in [7, 11) is 0. The van der Waals surface area contributed by atoms with Crippen LogP contribution in [0.5, 0.6) is 0 Å². The highest BCUT2D eigenvalue weighted by Crippen LogP contribution is 2.16. The lowest BCUT2D eigenvalue weighted by atomic mass is 10.0. The Labute approximate surface area is 103 Å². The van der Waals surface area contributed by atoms with Crippen LogP contribution in [0.3, 0.4) is 0 Å². The minimum Gasteiger partial charge on any atom is -0.396 e. The van der Waals surface area contributed by atoms with Crippen molar-refractivity contribution in [3.05, 3.63) is 35.9 Å². The highest BCUT2D eigenvalue weighted by Gasteiger charge is 2.11. The molecule has 0 heterocycles. The third kappa shape index (κ3) is 4.99. The summed E-state index contributed by atoms with van der Waals surface area (Å²) in [6, 6.07) is 12.3. The minimum absolute atomic E-state index is 0.0855. The zero-order valence-corrected chi connectivity index (χ0v) is 10.3. The van der Waals surface area contributed by atoms with E-state index >= 15 is 0 Å². The summed E-state index contributed by atoms with van der Waals surface area (Å²) in [4.78, 5) is 0. The van der Waals surface area contributed by atoms with Gasteiger partial charge in [-0.1, -0.05) is 37.3 Å². The van der Waals surface area contributed by atoms with Gasteiger partial charge in [-0.15, -0.1) is 0 Å². The Morgan fingerprint density at radius 3 is 2.65 bits per heavy atom. The fourth-order valence-electron chi connectivity index (χ4n) is 1.75. The molecular weight excluding hydrogens is 212 g/mol. The zero-order valence-electron chi connectivity index (χ0n) is 10.3. The summed E-state index contributed by atoms with van der Waals surface area (Å²) in [5, 5.41) is 21.1. The van der Waals surface area contributed by atoms with Gasteiger partial charge in [-0.25, -0.2) is 0 Å². The van der Waals surface area contributed by atoms with Crippen molar-refractivity contribution in [3.63, 3.8) is 0 Å². The van der Waals surface area contributed by atoms with Crippen molar-refractivity contribution in [1.82, 2.24) is 5.32 Å². The van der Waals surface area contributed by atoms with Crippen molar-refractivity contribution in [2.24, 2.45) is 5.92 Å². The van der Waals surface area contributed by atoms with E-state index in [0.717, 1.165) is 18.5 Å². The fraction of sp³-hybridized carbons (Fsp3) is 0.500. The lowest BCUT2D eigenvalue weighted by Crippen LogP contribution is -2.26. The molecule has 0 aliphatic carbocycles. The molecule has 0 fully saturated rings. The van der Waals surface area contributed by atoms with Gasteiger partial charge in [-0.3, -0.25) is 0 Å². The first-order chi connectivity index (χ1) is 8.27. The predicted molar refractivity (Wildman–Crippen MR) is 68.3 cm³/mol. The number of benzene rings is 1. The van der Waals surface area contributed by atoms with Crippen molar-refractivity contribution < 1.29 is 5.11 Å². The third-order valence-corrected chi connectivity index (χ3v) is 2.83. The molecule has 0 aliphatic heterocycles. The maximum absolute atomic E-state index is 8.84. The van der Waals surface area contributed by atoms with Crippen molar-refractivity contribution in [3.8, 4) is 6.07 Å². The lowest BCUT2D eigenvalue weighted by Gasteiger charge is -2.19. The number of aliphatic hydroxyl groups excluding tert-OH is 1. The number of aliphatic hydroxyl groups is 1. The van der Waals surface area contributed by atoms with Gasteiger partial charge in [-0.05, 0) is 24.4 Å². The van der Waals surface area contributed by atoms with Crippen molar-refractivity contribution in [1.29, 1.82) is 5.26 Å². The summed E-state index contributed by atoms with van der Waals surface area (Å²) in [5.41, 5.74) is 1.14. The topological polar surface area (TPSA) is 56.0 Å². The standard InChI is InChI=1S/C14H20N2O/c1-12(8-10-17)11-16-14(7-9-15)13-5-3-2-4-6-13/h2-6,12,14,16-17H,7-8,10-11H2,1H3. The zero-order chi connectivity index (χ0) is 12.5. The molecule has 92 valence electrons. The van der Waals surface area contributed by atoms with Crippen LogP contribution in [-0.2, 0) is 0 Å². The molecule has 0 aromatic heterocycles. The Morgan fingerprint density at radius 2 is 2.06 bits per heavy atom. The van der Waals surface area contributed by atoms with Gasteiger partial charge in [0.15, 0.2) is 0 Å². The van der Waals surface area contributed by atoms with Crippen LogP contribution in [0.2, 0.25) is 0 Å². The SMILES string of the molecule is CC(CCO)CNC(CC#N)c1ccccc1. The summed E-state index contributed by atoms with van der Waals surface area (Å²) in [5.74, 6) is 0.421. The van der Waals surface area contributed by atoms with E-state index < -0.39 is 0 Å². The smallest absolute Gasteiger partial charge is 0.0641 e. The number of nitriles is 1. The molecule has 0 radical (unpaired) electrons. The van der Waals surface area contributed by atoms with Crippen LogP contribution >= 0.6 is 0 Å². The molecular formula is C14H20N2O. The molecule has 17 heavy (non-hydrogen) atoms. The van der Waals surface area contributed by atoms with Gasteiger partial charge in [0.25, 0.3) is 0 Å². The van der Waals surface area contributed by atoms with E-state index in [-0.39, 0.29) is 12.6 Å². The average Bonchev–Trinajstić information content (AvgIpc) is 2.36. The summed E-state index contributed by atoms with van der Waals surface area (Å²) >= 11 is 0. The largest absolute Gasteiger partial charge is 0.396 e. The van der Waals surface area contributed by atoms with Gasteiger partial charge in [0.05, 0.1) is 12.5 Å². The number of hydrogen-bond acceptors (Lipinski definition) is 3. The fourth-order valence-corrected chi connectivity index (χ4v) is 1.75.